The Hall–Kier alpha value is -3.44. The van der Waals surface area contributed by atoms with Crippen LogP contribution in [0.15, 0.2) is 52.4 Å². The van der Waals surface area contributed by atoms with E-state index in [0.29, 0.717) is 34.2 Å². The Kier molecular flexibility index (Phi) is 6.20. The molecule has 176 valence electrons. The Morgan fingerprint density at radius 1 is 1.24 bits per heavy atom. The van der Waals surface area contributed by atoms with Crippen molar-refractivity contribution >= 4 is 34.4 Å². The van der Waals surface area contributed by atoms with Gasteiger partial charge in [0.05, 0.1) is 28.9 Å². The van der Waals surface area contributed by atoms with Gasteiger partial charge in [-0.25, -0.2) is 9.18 Å². The Labute approximate surface area is 198 Å². The second kappa shape index (κ2) is 9.43. The maximum atomic E-state index is 13.4. The van der Waals surface area contributed by atoms with Crippen LogP contribution in [0.2, 0.25) is 0 Å². The Balaban J connectivity index is 1.35. The van der Waals surface area contributed by atoms with Crippen molar-refractivity contribution in [1.29, 1.82) is 0 Å². The molecule has 0 saturated carbocycles. The summed E-state index contributed by atoms with van der Waals surface area (Å²) < 4.78 is 21.2. The molecule has 2 aromatic carbocycles. The lowest BCUT2D eigenvalue weighted by Crippen LogP contribution is -2.23. The van der Waals surface area contributed by atoms with Crippen LogP contribution >= 0.6 is 11.8 Å². The fourth-order valence-electron chi connectivity index (χ4n) is 3.91. The van der Waals surface area contributed by atoms with Crippen molar-refractivity contribution in [2.75, 3.05) is 11.9 Å². The third kappa shape index (κ3) is 4.75. The van der Waals surface area contributed by atoms with E-state index in [1.807, 2.05) is 4.57 Å². The van der Waals surface area contributed by atoms with Gasteiger partial charge in [0.1, 0.15) is 5.82 Å². The summed E-state index contributed by atoms with van der Waals surface area (Å²) in [5, 5.41) is 11.7. The van der Waals surface area contributed by atoms with Crippen molar-refractivity contribution in [2.24, 2.45) is 0 Å². The lowest BCUT2D eigenvalue weighted by molar-refractivity contribution is -0.115. The summed E-state index contributed by atoms with van der Waals surface area (Å²) in [5.41, 5.74) is 2.30. The number of halogens is 1. The number of H-pyrrole nitrogens is 2. The topological polar surface area (TPSA) is 118 Å². The average molecular weight is 483 g/mol. The molecule has 9 nitrogen and oxygen atoms in total. The average Bonchev–Trinajstić information content (AvgIpc) is 3.55. The van der Waals surface area contributed by atoms with E-state index < -0.39 is 5.25 Å². The van der Waals surface area contributed by atoms with Gasteiger partial charge in [-0.05, 0) is 62.2 Å². The zero-order chi connectivity index (χ0) is 23.7. The van der Waals surface area contributed by atoms with Gasteiger partial charge in [-0.2, -0.15) is 0 Å². The number of hydrogen-bond acceptors (Lipinski definition) is 6. The van der Waals surface area contributed by atoms with Crippen LogP contribution in [0.3, 0.4) is 0 Å². The number of benzene rings is 2. The molecule has 5 rings (SSSR count). The van der Waals surface area contributed by atoms with Gasteiger partial charge in [-0.1, -0.05) is 11.8 Å². The first kappa shape index (κ1) is 22.4. The first-order valence-electron chi connectivity index (χ1n) is 11.0. The number of ether oxygens (including phenoxy) is 1. The summed E-state index contributed by atoms with van der Waals surface area (Å²) in [6.45, 7) is 3.06. The minimum atomic E-state index is -0.477. The quantitative estimate of drug-likeness (QED) is 0.347. The van der Waals surface area contributed by atoms with Gasteiger partial charge in [0.2, 0.25) is 5.91 Å². The minimum absolute atomic E-state index is 0.0360. The van der Waals surface area contributed by atoms with Gasteiger partial charge in [0, 0.05) is 17.9 Å². The number of amides is 1. The fourth-order valence-corrected chi connectivity index (χ4v) is 4.77. The monoisotopic (exact) mass is 482 g/mol. The van der Waals surface area contributed by atoms with Crippen LogP contribution in [-0.2, 0) is 16.1 Å². The minimum Gasteiger partial charge on any atom is -0.376 e. The Morgan fingerprint density at radius 2 is 2.03 bits per heavy atom. The molecule has 3 heterocycles. The van der Waals surface area contributed by atoms with Gasteiger partial charge >= 0.3 is 5.69 Å². The van der Waals surface area contributed by atoms with Crippen LogP contribution in [0.25, 0.3) is 22.4 Å². The van der Waals surface area contributed by atoms with Gasteiger partial charge < -0.3 is 20.0 Å². The van der Waals surface area contributed by atoms with E-state index in [0.717, 1.165) is 25.0 Å². The molecular weight excluding hydrogens is 459 g/mol. The van der Waals surface area contributed by atoms with Crippen molar-refractivity contribution in [1.82, 2.24) is 24.7 Å². The predicted molar refractivity (Wildman–Crippen MR) is 127 cm³/mol. The summed E-state index contributed by atoms with van der Waals surface area (Å²) in [4.78, 5) is 29.7. The number of anilines is 1. The highest BCUT2D eigenvalue weighted by atomic mass is 32.2. The summed E-state index contributed by atoms with van der Waals surface area (Å²) >= 11 is 1.29. The summed E-state index contributed by atoms with van der Waals surface area (Å²) in [5.74, 6) is 0.0699. The van der Waals surface area contributed by atoms with Crippen molar-refractivity contribution in [3.63, 3.8) is 0 Å². The third-order valence-electron chi connectivity index (χ3n) is 5.66. The number of fused-ring (bicyclic) bond motifs is 1. The van der Waals surface area contributed by atoms with Gasteiger partial charge in [-0.15, -0.1) is 10.2 Å². The van der Waals surface area contributed by atoms with Crippen molar-refractivity contribution in [2.45, 2.75) is 42.8 Å². The molecule has 0 spiro atoms. The van der Waals surface area contributed by atoms with E-state index in [1.165, 1.54) is 23.9 Å². The smallest absolute Gasteiger partial charge is 0.323 e. The number of nitrogens with one attached hydrogen (secondary N) is 3. The number of carbonyl (C=O) groups excluding carboxylic acids is 1. The first-order valence-corrected chi connectivity index (χ1v) is 11.8. The fraction of sp³-hybridized carbons (Fsp3) is 0.304. The highest BCUT2D eigenvalue weighted by Gasteiger charge is 2.25. The maximum absolute atomic E-state index is 13.4. The van der Waals surface area contributed by atoms with Crippen LogP contribution in [0.4, 0.5) is 10.1 Å². The van der Waals surface area contributed by atoms with Gasteiger partial charge in [-0.3, -0.25) is 9.36 Å². The lowest BCUT2D eigenvalue weighted by Gasteiger charge is -2.16. The van der Waals surface area contributed by atoms with E-state index in [-0.39, 0.29) is 23.5 Å². The normalized spacial score (nSPS) is 16.7. The van der Waals surface area contributed by atoms with Crippen molar-refractivity contribution in [3.05, 3.63) is 58.8 Å². The Morgan fingerprint density at radius 3 is 2.79 bits per heavy atom. The number of nitrogens with zero attached hydrogens (tertiary/aromatic N) is 3. The second-order valence-corrected chi connectivity index (χ2v) is 9.46. The van der Waals surface area contributed by atoms with Crippen molar-refractivity contribution < 1.29 is 13.9 Å². The molecule has 1 saturated heterocycles. The molecule has 3 N–H and O–H groups in total. The number of carbonyl (C=O) groups is 1. The van der Waals surface area contributed by atoms with Crippen LogP contribution < -0.4 is 11.0 Å². The third-order valence-corrected chi connectivity index (χ3v) is 6.74. The van der Waals surface area contributed by atoms with Gasteiger partial charge in [0.25, 0.3) is 0 Å². The molecule has 1 aliphatic heterocycles. The predicted octanol–water partition coefficient (Wildman–Crippen LogP) is 3.55. The second-order valence-electron chi connectivity index (χ2n) is 8.15. The SMILES string of the molecule is C[C@H](Sc1nnc(-c2ccc(F)cc2)n1C[C@H]1CCCO1)C(=O)Nc1ccc2[nH]c(=O)[nH]c2c1. The molecular formula is C23H23FN6O3S. The standard InChI is InChI=1S/C23H23FN6O3S/c1-13(21(31)25-16-8-9-18-19(11-16)27-22(32)26-18)34-23-29-28-20(14-4-6-15(24)7-5-14)30(23)12-17-3-2-10-33-17/h4-9,11,13,17H,2-3,10,12H2,1H3,(H,25,31)(H2,26,27,32)/t13-,17+/m0/s1. The first-order chi connectivity index (χ1) is 16.5. The molecule has 4 aromatic rings. The zero-order valence-corrected chi connectivity index (χ0v) is 19.2. The molecule has 11 heteroatoms. The lowest BCUT2D eigenvalue weighted by atomic mass is 10.2. The molecule has 0 bridgehead atoms. The number of thioether (sulfide) groups is 1. The molecule has 0 aliphatic carbocycles. The van der Waals surface area contributed by atoms with Crippen LogP contribution in [0.1, 0.15) is 19.8 Å². The number of imidazole rings is 1. The number of aromatic nitrogens is 5. The zero-order valence-electron chi connectivity index (χ0n) is 18.4. The largest absolute Gasteiger partial charge is 0.376 e. The summed E-state index contributed by atoms with van der Waals surface area (Å²) in [7, 11) is 0. The molecule has 1 aliphatic rings. The highest BCUT2D eigenvalue weighted by Crippen LogP contribution is 2.29. The molecule has 2 atom stereocenters. The number of hydrogen-bond donors (Lipinski definition) is 3. The highest BCUT2D eigenvalue weighted by molar-refractivity contribution is 8.00. The number of aromatic amines is 2. The molecule has 34 heavy (non-hydrogen) atoms. The van der Waals surface area contributed by atoms with E-state index >= 15 is 0 Å². The molecule has 1 fully saturated rings. The molecule has 1 amide bonds. The molecule has 2 aromatic heterocycles. The van der Waals surface area contributed by atoms with Crippen LogP contribution in [-0.4, -0.2) is 48.6 Å². The maximum Gasteiger partial charge on any atom is 0.323 e. The van der Waals surface area contributed by atoms with Crippen molar-refractivity contribution in [3.8, 4) is 11.4 Å². The Bertz CT molecular complexity index is 1370. The van der Waals surface area contributed by atoms with E-state index in [1.54, 1.807) is 37.3 Å². The van der Waals surface area contributed by atoms with Gasteiger partial charge in [0.15, 0.2) is 11.0 Å². The molecule has 0 unspecified atom stereocenters. The summed E-state index contributed by atoms with van der Waals surface area (Å²) in [6.07, 6.45) is 1.97. The van der Waals surface area contributed by atoms with E-state index in [2.05, 4.69) is 25.5 Å². The van der Waals surface area contributed by atoms with Crippen LogP contribution in [0, 0.1) is 5.82 Å². The van der Waals surface area contributed by atoms with Crippen LogP contribution in [0.5, 0.6) is 0 Å². The number of rotatable bonds is 7. The van der Waals surface area contributed by atoms with E-state index in [4.69, 9.17) is 4.74 Å². The van der Waals surface area contributed by atoms with E-state index in [9.17, 15) is 14.0 Å². The summed E-state index contributed by atoms with van der Waals surface area (Å²) in [6, 6.07) is 11.3. The molecule has 0 radical (unpaired) electrons.